The molecular formula is C29H45F4NO3. The van der Waals surface area contributed by atoms with E-state index in [1.54, 1.807) is 0 Å². The van der Waals surface area contributed by atoms with E-state index in [1.165, 1.54) is 84.0 Å². The summed E-state index contributed by atoms with van der Waals surface area (Å²) in [7, 11) is 0. The smallest absolute Gasteiger partial charge is 0.419 e. The highest BCUT2D eigenvalue weighted by Gasteiger charge is 2.36. The quantitative estimate of drug-likeness (QED) is 0.104. The van der Waals surface area contributed by atoms with Crippen molar-refractivity contribution in [1.82, 2.24) is 5.32 Å². The van der Waals surface area contributed by atoms with Crippen molar-refractivity contribution in [3.8, 4) is 0 Å². The molecule has 0 heterocycles. The zero-order valence-electron chi connectivity index (χ0n) is 22.6. The van der Waals surface area contributed by atoms with Gasteiger partial charge in [-0.3, -0.25) is 4.79 Å². The first-order valence-corrected chi connectivity index (χ1v) is 14.0. The lowest BCUT2D eigenvalue weighted by atomic mass is 10.0. The van der Waals surface area contributed by atoms with E-state index in [1.807, 2.05) is 0 Å². The molecule has 0 radical (unpaired) electrons. The van der Waals surface area contributed by atoms with E-state index in [2.05, 4.69) is 12.2 Å². The van der Waals surface area contributed by atoms with Gasteiger partial charge in [-0.05, 0) is 25.5 Å². The molecular weight excluding hydrogens is 486 g/mol. The van der Waals surface area contributed by atoms with Gasteiger partial charge in [0.2, 0.25) is 0 Å². The molecule has 8 heteroatoms. The van der Waals surface area contributed by atoms with Crippen LogP contribution in [0.4, 0.5) is 17.6 Å². The Morgan fingerprint density at radius 2 is 1.27 bits per heavy atom. The second kappa shape index (κ2) is 19.0. The van der Waals surface area contributed by atoms with Crippen molar-refractivity contribution in [3.05, 3.63) is 35.1 Å². The predicted octanol–water partition coefficient (Wildman–Crippen LogP) is 8.77. The van der Waals surface area contributed by atoms with Gasteiger partial charge in [0.05, 0.1) is 17.7 Å². The molecule has 1 unspecified atom stereocenters. The molecule has 1 aromatic carbocycles. The third kappa shape index (κ3) is 14.4. The summed E-state index contributed by atoms with van der Waals surface area (Å²) in [6.45, 7) is 3.79. The molecule has 0 aliphatic carbocycles. The Labute approximate surface area is 219 Å². The number of carbonyl (C=O) groups excluding carboxylic acids is 2. The number of hydrogen-bond acceptors (Lipinski definition) is 3. The lowest BCUT2D eigenvalue weighted by molar-refractivity contribution is -0.145. The molecule has 0 spiro atoms. The molecule has 37 heavy (non-hydrogen) atoms. The van der Waals surface area contributed by atoms with Crippen LogP contribution in [0.5, 0.6) is 0 Å². The number of nitrogens with one attached hydrogen (secondary N) is 1. The van der Waals surface area contributed by atoms with Crippen LogP contribution >= 0.6 is 0 Å². The number of carbonyl (C=O) groups is 2. The molecule has 212 valence electrons. The first-order valence-electron chi connectivity index (χ1n) is 14.0. The van der Waals surface area contributed by atoms with Crippen LogP contribution in [0.2, 0.25) is 0 Å². The number of alkyl halides is 3. The zero-order valence-corrected chi connectivity index (χ0v) is 22.6. The van der Waals surface area contributed by atoms with E-state index in [-0.39, 0.29) is 6.61 Å². The van der Waals surface area contributed by atoms with Crippen molar-refractivity contribution in [1.29, 1.82) is 0 Å². The largest absolute Gasteiger partial charge is 0.464 e. The third-order valence-corrected chi connectivity index (χ3v) is 6.49. The van der Waals surface area contributed by atoms with Crippen LogP contribution < -0.4 is 5.32 Å². The van der Waals surface area contributed by atoms with Crippen LogP contribution in [0.15, 0.2) is 18.2 Å². The van der Waals surface area contributed by atoms with Crippen LogP contribution in [0.3, 0.4) is 0 Å². The van der Waals surface area contributed by atoms with Crippen LogP contribution in [0.25, 0.3) is 0 Å². The average molecular weight is 532 g/mol. The molecule has 1 rings (SSSR count). The minimum absolute atomic E-state index is 0.204. The summed E-state index contributed by atoms with van der Waals surface area (Å²) in [5.74, 6) is -3.47. The van der Waals surface area contributed by atoms with Gasteiger partial charge in [0.1, 0.15) is 11.9 Å². The summed E-state index contributed by atoms with van der Waals surface area (Å²) in [5, 5.41) is 2.20. The average Bonchev–Trinajstić information content (AvgIpc) is 2.85. The molecule has 0 aliphatic rings. The van der Waals surface area contributed by atoms with E-state index in [0.717, 1.165) is 31.4 Å². The number of unbranched alkanes of at least 4 members (excludes halogenated alkanes) is 15. The van der Waals surface area contributed by atoms with Crippen LogP contribution in [0.1, 0.15) is 133 Å². The van der Waals surface area contributed by atoms with E-state index in [0.29, 0.717) is 12.5 Å². The monoisotopic (exact) mass is 531 g/mol. The Bertz CT molecular complexity index is 783. The Kier molecular flexibility index (Phi) is 16.9. The highest BCUT2D eigenvalue weighted by molar-refractivity contribution is 5.97. The van der Waals surface area contributed by atoms with Gasteiger partial charge in [-0.15, -0.1) is 0 Å². The number of benzene rings is 1. The van der Waals surface area contributed by atoms with Gasteiger partial charge < -0.3 is 10.1 Å². The van der Waals surface area contributed by atoms with Crippen molar-refractivity contribution in [2.75, 3.05) is 6.61 Å². The second-order valence-corrected chi connectivity index (χ2v) is 9.83. The standard InChI is InChI=1S/C29H45F4NO3/c1-3-4-5-6-7-8-9-10-11-12-13-14-15-16-17-18-22-37-28(36)23(2)34-27(35)24-20-19-21-25(26(24)30)29(31,32)33/h19-21,23H,3-18,22H2,1-2H3,(H,34,35). The van der Waals surface area contributed by atoms with Gasteiger partial charge in [0.25, 0.3) is 5.91 Å². The fourth-order valence-electron chi connectivity index (χ4n) is 4.21. The van der Waals surface area contributed by atoms with Gasteiger partial charge in [-0.2, -0.15) is 13.2 Å². The van der Waals surface area contributed by atoms with Gasteiger partial charge >= 0.3 is 12.1 Å². The predicted molar refractivity (Wildman–Crippen MR) is 139 cm³/mol. The minimum atomic E-state index is -4.92. The highest BCUT2D eigenvalue weighted by Crippen LogP contribution is 2.32. The van der Waals surface area contributed by atoms with Crippen LogP contribution in [-0.4, -0.2) is 24.5 Å². The molecule has 1 atom stereocenters. The maximum Gasteiger partial charge on any atom is 0.419 e. The van der Waals surface area contributed by atoms with Gasteiger partial charge in [0.15, 0.2) is 0 Å². The molecule has 0 aliphatic heterocycles. The third-order valence-electron chi connectivity index (χ3n) is 6.49. The lowest BCUT2D eigenvalue weighted by Crippen LogP contribution is -2.40. The van der Waals surface area contributed by atoms with Crippen molar-refractivity contribution in [2.45, 2.75) is 129 Å². The number of esters is 1. The fraction of sp³-hybridized carbons (Fsp3) is 0.724. The summed E-state index contributed by atoms with van der Waals surface area (Å²) in [4.78, 5) is 24.2. The fourth-order valence-corrected chi connectivity index (χ4v) is 4.21. The Morgan fingerprint density at radius 1 is 0.811 bits per heavy atom. The normalized spacial score (nSPS) is 12.4. The molecule has 0 saturated heterocycles. The van der Waals surface area contributed by atoms with E-state index in [9.17, 15) is 27.2 Å². The van der Waals surface area contributed by atoms with E-state index >= 15 is 0 Å². The molecule has 0 saturated carbocycles. The highest BCUT2D eigenvalue weighted by atomic mass is 19.4. The molecule has 4 nitrogen and oxygen atoms in total. The van der Waals surface area contributed by atoms with Crippen LogP contribution in [0, 0.1) is 5.82 Å². The van der Waals surface area contributed by atoms with Gasteiger partial charge in [-0.1, -0.05) is 109 Å². The number of halogens is 4. The van der Waals surface area contributed by atoms with Crippen molar-refractivity contribution in [3.63, 3.8) is 0 Å². The number of ether oxygens (including phenoxy) is 1. The minimum Gasteiger partial charge on any atom is -0.464 e. The summed E-state index contributed by atoms with van der Waals surface area (Å²) in [6.07, 6.45) is 14.9. The Hall–Kier alpha value is -2.12. The molecule has 1 aromatic rings. The van der Waals surface area contributed by atoms with Crippen molar-refractivity contribution >= 4 is 11.9 Å². The van der Waals surface area contributed by atoms with Gasteiger partial charge in [-0.25, -0.2) is 9.18 Å². The van der Waals surface area contributed by atoms with E-state index in [4.69, 9.17) is 4.74 Å². The summed E-state index contributed by atoms with van der Waals surface area (Å²) in [6, 6.07) is 1.33. The molecule has 0 aromatic heterocycles. The summed E-state index contributed by atoms with van der Waals surface area (Å²) >= 11 is 0. The molecule has 1 N–H and O–H groups in total. The number of hydrogen-bond donors (Lipinski definition) is 1. The first-order chi connectivity index (χ1) is 17.7. The number of rotatable bonds is 20. The number of amides is 1. The van der Waals surface area contributed by atoms with Crippen molar-refractivity contribution < 1.29 is 31.9 Å². The van der Waals surface area contributed by atoms with Gasteiger partial charge in [0, 0.05) is 0 Å². The molecule has 1 amide bonds. The second-order valence-electron chi connectivity index (χ2n) is 9.83. The molecule has 0 bridgehead atoms. The lowest BCUT2D eigenvalue weighted by Gasteiger charge is -2.15. The first kappa shape index (κ1) is 32.9. The topological polar surface area (TPSA) is 55.4 Å². The Balaban J connectivity index is 2.06. The zero-order chi connectivity index (χ0) is 27.5. The Morgan fingerprint density at radius 3 is 1.73 bits per heavy atom. The summed E-state index contributed by atoms with van der Waals surface area (Å²) in [5.41, 5.74) is -2.30. The SMILES string of the molecule is CCCCCCCCCCCCCCCCCCOC(=O)C(C)NC(=O)c1cccc(C(F)(F)F)c1F. The van der Waals surface area contributed by atoms with Crippen molar-refractivity contribution in [2.24, 2.45) is 0 Å². The summed E-state index contributed by atoms with van der Waals surface area (Å²) < 4.78 is 57.7. The van der Waals surface area contributed by atoms with Crippen LogP contribution in [-0.2, 0) is 15.7 Å². The van der Waals surface area contributed by atoms with E-state index < -0.39 is 41.0 Å². The maximum atomic E-state index is 14.1. The molecule has 0 fully saturated rings. The maximum absolute atomic E-state index is 14.1.